The monoisotopic (exact) mass is 284 g/mol. The van der Waals surface area contributed by atoms with E-state index in [2.05, 4.69) is 24.1 Å². The van der Waals surface area contributed by atoms with E-state index in [4.69, 9.17) is 16.7 Å². The minimum atomic E-state index is -1.02. The van der Waals surface area contributed by atoms with Crippen molar-refractivity contribution in [2.75, 3.05) is 5.32 Å². The first-order valence-electron chi connectivity index (χ1n) is 6.73. The Labute approximate surface area is 119 Å². The van der Waals surface area contributed by atoms with Crippen LogP contribution in [0.15, 0.2) is 12.3 Å². The number of halogens is 1. The summed E-state index contributed by atoms with van der Waals surface area (Å²) in [5, 5.41) is 12.5. The number of pyridine rings is 1. The van der Waals surface area contributed by atoms with E-state index in [0.717, 1.165) is 32.1 Å². The van der Waals surface area contributed by atoms with Crippen LogP contribution in [0.4, 0.5) is 5.82 Å². The van der Waals surface area contributed by atoms with Crippen LogP contribution in [-0.2, 0) is 0 Å². The van der Waals surface area contributed by atoms with E-state index >= 15 is 0 Å². The average Bonchev–Trinajstić information content (AvgIpc) is 2.38. The molecule has 1 aromatic heterocycles. The molecule has 1 atom stereocenters. The lowest BCUT2D eigenvalue weighted by Crippen LogP contribution is -2.20. The summed E-state index contributed by atoms with van der Waals surface area (Å²) in [7, 11) is 0. The highest BCUT2D eigenvalue weighted by Gasteiger charge is 2.12. The van der Waals surface area contributed by atoms with Crippen molar-refractivity contribution < 1.29 is 9.90 Å². The van der Waals surface area contributed by atoms with E-state index in [0.29, 0.717) is 16.9 Å². The molecule has 0 fully saturated rings. The van der Waals surface area contributed by atoms with Crippen molar-refractivity contribution in [3.8, 4) is 0 Å². The van der Waals surface area contributed by atoms with E-state index in [-0.39, 0.29) is 5.56 Å². The van der Waals surface area contributed by atoms with Gasteiger partial charge in [0.25, 0.3) is 0 Å². The molecule has 4 nitrogen and oxygen atoms in total. The molecule has 0 aliphatic rings. The second kappa shape index (κ2) is 8.00. The topological polar surface area (TPSA) is 62.2 Å². The molecule has 1 unspecified atom stereocenters. The molecule has 2 N–H and O–H groups in total. The molecule has 0 saturated heterocycles. The molecule has 5 heteroatoms. The second-order valence-corrected chi connectivity index (χ2v) is 5.04. The number of aromatic nitrogens is 1. The first kappa shape index (κ1) is 15.8. The van der Waals surface area contributed by atoms with E-state index in [1.165, 1.54) is 12.3 Å². The molecule has 1 aromatic rings. The number of hydrogen-bond donors (Lipinski definition) is 2. The normalized spacial score (nSPS) is 12.2. The zero-order chi connectivity index (χ0) is 14.3. The number of hydrogen-bond acceptors (Lipinski definition) is 3. The van der Waals surface area contributed by atoms with Gasteiger partial charge in [0.2, 0.25) is 0 Å². The molecule has 0 amide bonds. The van der Waals surface area contributed by atoms with Crippen LogP contribution in [0.25, 0.3) is 0 Å². The summed E-state index contributed by atoms with van der Waals surface area (Å²) < 4.78 is 0. The SMILES string of the molecule is CCCCC(CCC)Nc1ncc(C(=O)O)cc1Cl. The Morgan fingerprint density at radius 3 is 2.68 bits per heavy atom. The van der Waals surface area contributed by atoms with Gasteiger partial charge in [0, 0.05) is 12.2 Å². The molecule has 0 saturated carbocycles. The maximum Gasteiger partial charge on any atom is 0.337 e. The fourth-order valence-corrected chi connectivity index (χ4v) is 2.16. The van der Waals surface area contributed by atoms with Gasteiger partial charge in [0.1, 0.15) is 5.82 Å². The largest absolute Gasteiger partial charge is 0.478 e. The Bertz CT molecular complexity index is 424. The van der Waals surface area contributed by atoms with E-state index < -0.39 is 5.97 Å². The van der Waals surface area contributed by atoms with Crippen molar-refractivity contribution in [3.05, 3.63) is 22.8 Å². The Morgan fingerprint density at radius 2 is 2.16 bits per heavy atom. The Morgan fingerprint density at radius 1 is 1.42 bits per heavy atom. The van der Waals surface area contributed by atoms with Gasteiger partial charge >= 0.3 is 5.97 Å². The third-order valence-corrected chi connectivity index (χ3v) is 3.26. The molecule has 19 heavy (non-hydrogen) atoms. The fraction of sp³-hybridized carbons (Fsp3) is 0.571. The summed E-state index contributed by atoms with van der Waals surface area (Å²) in [5.41, 5.74) is 0.108. The Hall–Kier alpha value is -1.29. The smallest absolute Gasteiger partial charge is 0.337 e. The maximum absolute atomic E-state index is 10.8. The number of unbranched alkanes of at least 4 members (excludes halogenated alkanes) is 1. The predicted molar refractivity (Wildman–Crippen MR) is 78.1 cm³/mol. The maximum atomic E-state index is 10.8. The average molecular weight is 285 g/mol. The lowest BCUT2D eigenvalue weighted by molar-refractivity contribution is 0.0696. The van der Waals surface area contributed by atoms with Crippen LogP contribution in [0, 0.1) is 0 Å². The summed E-state index contributed by atoms with van der Waals surface area (Å²) in [6.45, 7) is 4.30. The number of carbonyl (C=O) groups is 1. The van der Waals surface area contributed by atoms with Crippen molar-refractivity contribution in [1.82, 2.24) is 4.98 Å². The number of aromatic carboxylic acids is 1. The highest BCUT2D eigenvalue weighted by molar-refractivity contribution is 6.33. The van der Waals surface area contributed by atoms with E-state index in [1.54, 1.807) is 0 Å². The highest BCUT2D eigenvalue weighted by atomic mass is 35.5. The van der Waals surface area contributed by atoms with E-state index in [1.807, 2.05) is 0 Å². The third-order valence-electron chi connectivity index (χ3n) is 2.97. The van der Waals surface area contributed by atoms with Crippen LogP contribution in [-0.4, -0.2) is 22.1 Å². The van der Waals surface area contributed by atoms with Gasteiger partial charge in [-0.25, -0.2) is 9.78 Å². The standard InChI is InChI=1S/C14H21ClN2O2/c1-3-5-7-11(6-4-2)17-13-12(15)8-10(9-16-13)14(18)19/h8-9,11H,3-7H2,1-2H3,(H,16,17)(H,18,19). The molecule has 0 bridgehead atoms. The molecule has 1 rings (SSSR count). The summed E-state index contributed by atoms with van der Waals surface area (Å²) in [4.78, 5) is 14.9. The second-order valence-electron chi connectivity index (χ2n) is 4.63. The van der Waals surface area contributed by atoms with Crippen molar-refractivity contribution in [3.63, 3.8) is 0 Å². The van der Waals surface area contributed by atoms with Crippen LogP contribution in [0.5, 0.6) is 0 Å². The number of nitrogens with zero attached hydrogens (tertiary/aromatic N) is 1. The number of anilines is 1. The first-order chi connectivity index (χ1) is 9.08. The van der Waals surface area contributed by atoms with Crippen molar-refractivity contribution >= 4 is 23.4 Å². The highest BCUT2D eigenvalue weighted by Crippen LogP contribution is 2.23. The summed E-state index contributed by atoms with van der Waals surface area (Å²) in [5.74, 6) is -0.446. The molecule has 0 radical (unpaired) electrons. The number of carboxylic acids is 1. The lowest BCUT2D eigenvalue weighted by Gasteiger charge is -2.19. The summed E-state index contributed by atoms with van der Waals surface area (Å²) in [6, 6.07) is 1.77. The third kappa shape index (κ3) is 5.07. The minimum absolute atomic E-state index is 0.108. The molecule has 0 aliphatic carbocycles. The van der Waals surface area contributed by atoms with Gasteiger partial charge in [-0.1, -0.05) is 44.7 Å². The molecule has 106 valence electrons. The molecule has 0 aliphatic heterocycles. The van der Waals surface area contributed by atoms with Gasteiger partial charge in [-0.3, -0.25) is 0 Å². The van der Waals surface area contributed by atoms with Crippen molar-refractivity contribution in [1.29, 1.82) is 0 Å². The zero-order valence-electron chi connectivity index (χ0n) is 11.4. The number of rotatable bonds is 8. The van der Waals surface area contributed by atoms with Gasteiger partial charge < -0.3 is 10.4 Å². The Balaban J connectivity index is 2.75. The molecule has 0 spiro atoms. The quantitative estimate of drug-likeness (QED) is 0.751. The number of nitrogens with one attached hydrogen (secondary N) is 1. The summed E-state index contributed by atoms with van der Waals surface area (Å²) in [6.07, 6.45) is 6.86. The fourth-order valence-electron chi connectivity index (χ4n) is 1.94. The van der Waals surface area contributed by atoms with Gasteiger partial charge in [-0.05, 0) is 18.9 Å². The van der Waals surface area contributed by atoms with Gasteiger partial charge in [-0.2, -0.15) is 0 Å². The van der Waals surface area contributed by atoms with Crippen LogP contribution in [0.3, 0.4) is 0 Å². The predicted octanol–water partition coefficient (Wildman–Crippen LogP) is 4.20. The molecular formula is C14H21ClN2O2. The lowest BCUT2D eigenvalue weighted by atomic mass is 10.1. The van der Waals surface area contributed by atoms with Crippen molar-refractivity contribution in [2.45, 2.75) is 52.0 Å². The van der Waals surface area contributed by atoms with Crippen LogP contribution in [0.1, 0.15) is 56.3 Å². The van der Waals surface area contributed by atoms with Gasteiger partial charge in [-0.15, -0.1) is 0 Å². The van der Waals surface area contributed by atoms with Gasteiger partial charge in [0.05, 0.1) is 10.6 Å². The van der Waals surface area contributed by atoms with Gasteiger partial charge in [0.15, 0.2) is 0 Å². The van der Waals surface area contributed by atoms with E-state index in [9.17, 15) is 4.79 Å². The first-order valence-corrected chi connectivity index (χ1v) is 7.11. The number of carboxylic acid groups (broad SMARTS) is 1. The van der Waals surface area contributed by atoms with Crippen molar-refractivity contribution in [2.24, 2.45) is 0 Å². The zero-order valence-corrected chi connectivity index (χ0v) is 12.2. The van der Waals surface area contributed by atoms with Crippen LogP contribution < -0.4 is 5.32 Å². The van der Waals surface area contributed by atoms with Crippen LogP contribution >= 0.6 is 11.6 Å². The molecular weight excluding hydrogens is 264 g/mol. The summed E-state index contributed by atoms with van der Waals surface area (Å²) >= 11 is 6.06. The minimum Gasteiger partial charge on any atom is -0.478 e. The Kier molecular flexibility index (Phi) is 6.64. The molecule has 0 aromatic carbocycles. The molecule has 1 heterocycles. The van der Waals surface area contributed by atoms with Crippen LogP contribution in [0.2, 0.25) is 5.02 Å².